The molecule has 0 aromatic heterocycles. The summed E-state index contributed by atoms with van der Waals surface area (Å²) in [5.74, 6) is -2.25. The fourth-order valence-electron chi connectivity index (χ4n) is 4.15. The van der Waals surface area contributed by atoms with Gasteiger partial charge in [-0.15, -0.1) is 0 Å². The minimum absolute atomic E-state index is 0.258. The number of carbonyl (C=O) groups excluding carboxylic acids is 2. The number of nitrogens with one attached hydrogen (secondary N) is 2. The zero-order valence-electron chi connectivity index (χ0n) is 24.9. The first-order chi connectivity index (χ1) is 19.0. The number of unbranched alkanes of at least 4 members (excludes halogenated alkanes) is 14. The van der Waals surface area contributed by atoms with Crippen molar-refractivity contribution in [2.75, 3.05) is 46.2 Å². The third kappa shape index (κ3) is 27.6. The lowest BCUT2D eigenvalue weighted by Gasteiger charge is -2.17. The van der Waals surface area contributed by atoms with Crippen molar-refractivity contribution in [2.24, 2.45) is 0 Å². The van der Waals surface area contributed by atoms with Crippen LogP contribution in [0.15, 0.2) is 0 Å². The van der Waals surface area contributed by atoms with Gasteiger partial charge in [-0.1, -0.05) is 104 Å². The van der Waals surface area contributed by atoms with Crippen molar-refractivity contribution in [3.8, 4) is 0 Å². The number of amides is 2. The summed E-state index contributed by atoms with van der Waals surface area (Å²) >= 11 is 0. The highest BCUT2D eigenvalue weighted by molar-refractivity contribution is 5.90. The number of ether oxygens (including phenoxy) is 3. The van der Waals surface area contributed by atoms with E-state index < -0.39 is 30.2 Å². The topological polar surface area (TPSA) is 123 Å². The van der Waals surface area contributed by atoms with Crippen LogP contribution in [-0.2, 0) is 28.6 Å². The first-order valence-corrected chi connectivity index (χ1v) is 15.5. The van der Waals surface area contributed by atoms with Crippen molar-refractivity contribution in [1.29, 1.82) is 0 Å². The molecule has 9 heteroatoms. The van der Waals surface area contributed by atoms with Gasteiger partial charge in [-0.25, -0.2) is 0 Å². The van der Waals surface area contributed by atoms with Crippen molar-refractivity contribution in [2.45, 2.75) is 129 Å². The molecule has 230 valence electrons. The second kappa shape index (κ2) is 29.3. The Labute approximate surface area is 237 Å². The van der Waals surface area contributed by atoms with E-state index in [0.717, 1.165) is 25.7 Å². The van der Waals surface area contributed by atoms with Gasteiger partial charge in [-0.2, -0.15) is 0 Å². The van der Waals surface area contributed by atoms with Gasteiger partial charge in [-0.05, 0) is 12.8 Å². The molecule has 39 heavy (non-hydrogen) atoms. The van der Waals surface area contributed by atoms with Crippen molar-refractivity contribution in [1.82, 2.24) is 10.6 Å². The molecule has 1 unspecified atom stereocenters. The van der Waals surface area contributed by atoms with Gasteiger partial charge in [0.1, 0.15) is 12.6 Å². The maximum Gasteiger partial charge on any atom is 0.305 e. The van der Waals surface area contributed by atoms with Gasteiger partial charge in [0.2, 0.25) is 11.8 Å². The Morgan fingerprint density at radius 3 is 1.59 bits per heavy atom. The highest BCUT2D eigenvalue weighted by Crippen LogP contribution is 2.09. The molecular weight excluding hydrogens is 500 g/mol. The standard InChI is InChI=1S/C30H58N2O7/c1-3-5-7-9-11-13-15-17-20-37-22-19-31-30(36)27(25-29(34)35)32-28(33)26-39-24-23-38-21-18-16-14-12-10-8-6-4-2/h27H,3-26H2,1-2H3,(H,31,36)(H,32,33)(H,34,35). The molecule has 0 bridgehead atoms. The van der Waals surface area contributed by atoms with E-state index in [4.69, 9.17) is 19.3 Å². The normalized spacial score (nSPS) is 11.8. The predicted molar refractivity (Wildman–Crippen MR) is 155 cm³/mol. The van der Waals surface area contributed by atoms with Gasteiger partial charge >= 0.3 is 5.97 Å². The lowest BCUT2D eigenvalue weighted by atomic mass is 10.1. The monoisotopic (exact) mass is 558 g/mol. The van der Waals surface area contributed by atoms with Gasteiger partial charge < -0.3 is 30.0 Å². The molecular formula is C30H58N2O7. The third-order valence-electron chi connectivity index (χ3n) is 6.47. The first-order valence-electron chi connectivity index (χ1n) is 15.5. The van der Waals surface area contributed by atoms with Crippen LogP contribution in [0.4, 0.5) is 0 Å². The Balaban J connectivity index is 3.81. The second-order valence-electron chi connectivity index (χ2n) is 10.2. The van der Waals surface area contributed by atoms with Crippen molar-refractivity contribution in [3.05, 3.63) is 0 Å². The van der Waals surface area contributed by atoms with E-state index in [1.807, 2.05) is 0 Å². The zero-order valence-corrected chi connectivity index (χ0v) is 24.9. The second-order valence-corrected chi connectivity index (χ2v) is 10.2. The number of hydrogen-bond acceptors (Lipinski definition) is 6. The summed E-state index contributed by atoms with van der Waals surface area (Å²) < 4.78 is 16.4. The predicted octanol–water partition coefficient (Wildman–Crippen LogP) is 5.39. The maximum absolute atomic E-state index is 12.4. The van der Waals surface area contributed by atoms with E-state index in [1.165, 1.54) is 77.0 Å². The van der Waals surface area contributed by atoms with Gasteiger partial charge in [0.15, 0.2) is 0 Å². The molecule has 0 spiro atoms. The molecule has 3 N–H and O–H groups in total. The molecule has 9 nitrogen and oxygen atoms in total. The van der Waals surface area contributed by atoms with Gasteiger partial charge in [0, 0.05) is 19.8 Å². The molecule has 0 aromatic rings. The Bertz CT molecular complexity index is 590. The van der Waals surface area contributed by atoms with Crippen LogP contribution < -0.4 is 10.6 Å². The lowest BCUT2D eigenvalue weighted by molar-refractivity contribution is -0.141. The van der Waals surface area contributed by atoms with Crippen molar-refractivity contribution >= 4 is 17.8 Å². The molecule has 0 aromatic carbocycles. The van der Waals surface area contributed by atoms with Gasteiger partial charge in [-0.3, -0.25) is 14.4 Å². The Hall–Kier alpha value is -1.71. The van der Waals surface area contributed by atoms with E-state index in [-0.39, 0.29) is 19.8 Å². The number of carboxylic acids is 1. The van der Waals surface area contributed by atoms with Crippen LogP contribution >= 0.6 is 0 Å². The fraction of sp³-hybridized carbons (Fsp3) is 0.900. The fourth-order valence-corrected chi connectivity index (χ4v) is 4.15. The number of hydrogen-bond donors (Lipinski definition) is 3. The van der Waals surface area contributed by atoms with E-state index >= 15 is 0 Å². The zero-order chi connectivity index (χ0) is 28.8. The van der Waals surface area contributed by atoms with Crippen molar-refractivity contribution < 1.29 is 33.7 Å². The van der Waals surface area contributed by atoms with Crippen LogP contribution in [-0.4, -0.2) is 75.1 Å². The van der Waals surface area contributed by atoms with E-state index in [0.29, 0.717) is 26.4 Å². The molecule has 0 aliphatic carbocycles. The summed E-state index contributed by atoms with van der Waals surface area (Å²) in [6.07, 6.45) is 19.2. The molecule has 2 amide bonds. The molecule has 0 radical (unpaired) electrons. The minimum atomic E-state index is -1.17. The summed E-state index contributed by atoms with van der Waals surface area (Å²) in [6, 6.07) is -1.16. The van der Waals surface area contributed by atoms with E-state index in [9.17, 15) is 14.4 Å². The number of carbonyl (C=O) groups is 3. The Morgan fingerprint density at radius 1 is 0.615 bits per heavy atom. The van der Waals surface area contributed by atoms with Crippen LogP contribution in [0.1, 0.15) is 123 Å². The molecule has 0 saturated carbocycles. The molecule has 0 aliphatic heterocycles. The summed E-state index contributed by atoms with van der Waals surface area (Å²) in [4.78, 5) is 35.7. The van der Waals surface area contributed by atoms with Gasteiger partial charge in [0.25, 0.3) is 0 Å². The summed E-state index contributed by atoms with van der Waals surface area (Å²) in [7, 11) is 0. The van der Waals surface area contributed by atoms with Crippen LogP contribution in [0.2, 0.25) is 0 Å². The van der Waals surface area contributed by atoms with E-state index in [2.05, 4.69) is 24.5 Å². The first kappa shape index (κ1) is 37.3. The van der Waals surface area contributed by atoms with Crippen molar-refractivity contribution in [3.63, 3.8) is 0 Å². The SMILES string of the molecule is CCCCCCCCCCOCCNC(=O)C(CC(=O)O)NC(=O)COCCOCCCCCCCCCC. The van der Waals surface area contributed by atoms with E-state index in [1.54, 1.807) is 0 Å². The quantitative estimate of drug-likeness (QED) is 0.101. The molecule has 0 rings (SSSR count). The average Bonchev–Trinajstić information content (AvgIpc) is 2.91. The Kier molecular flexibility index (Phi) is 28.0. The highest BCUT2D eigenvalue weighted by Gasteiger charge is 2.23. The highest BCUT2D eigenvalue weighted by atomic mass is 16.5. The minimum Gasteiger partial charge on any atom is -0.481 e. The largest absolute Gasteiger partial charge is 0.481 e. The lowest BCUT2D eigenvalue weighted by Crippen LogP contribution is -2.49. The number of aliphatic carboxylic acids is 1. The van der Waals surface area contributed by atoms with Crippen LogP contribution in [0.25, 0.3) is 0 Å². The molecule has 0 fully saturated rings. The molecule has 1 atom stereocenters. The number of carboxylic acid groups (broad SMARTS) is 1. The Morgan fingerprint density at radius 2 is 1.08 bits per heavy atom. The summed E-state index contributed by atoms with van der Waals surface area (Å²) in [6.45, 7) is 6.75. The van der Waals surface area contributed by atoms with Crippen LogP contribution in [0.3, 0.4) is 0 Å². The van der Waals surface area contributed by atoms with Crippen LogP contribution in [0, 0.1) is 0 Å². The third-order valence-corrected chi connectivity index (χ3v) is 6.47. The molecule has 0 heterocycles. The van der Waals surface area contributed by atoms with Gasteiger partial charge in [0.05, 0.1) is 26.2 Å². The average molecular weight is 559 g/mol. The smallest absolute Gasteiger partial charge is 0.305 e. The summed E-state index contributed by atoms with van der Waals surface area (Å²) in [5, 5.41) is 14.2. The molecule has 0 aliphatic rings. The number of rotatable bonds is 30. The molecule has 0 saturated heterocycles. The summed E-state index contributed by atoms with van der Waals surface area (Å²) in [5.41, 5.74) is 0. The maximum atomic E-state index is 12.4. The van der Waals surface area contributed by atoms with Crippen LogP contribution in [0.5, 0.6) is 0 Å².